The van der Waals surface area contributed by atoms with Crippen molar-refractivity contribution < 1.29 is 10.2 Å². The Hall–Kier alpha value is -2.07. The molecule has 100 valence electrons. The van der Waals surface area contributed by atoms with Crippen LogP contribution in [0.15, 0.2) is 42.7 Å². The highest BCUT2D eigenvalue weighted by Gasteiger charge is 2.10. The molecule has 0 radical (unpaired) electrons. The van der Waals surface area contributed by atoms with Crippen LogP contribution in [0.5, 0.6) is 5.75 Å². The van der Waals surface area contributed by atoms with Gasteiger partial charge in [0.25, 0.3) is 0 Å². The monoisotopic (exact) mass is 258 g/mol. The minimum atomic E-state index is -0.669. The molecule has 2 aromatic rings. The number of hydrogen-bond donors (Lipinski definition) is 2. The van der Waals surface area contributed by atoms with E-state index < -0.39 is 6.10 Å². The largest absolute Gasteiger partial charge is 0.507 e. The van der Waals surface area contributed by atoms with Crippen LogP contribution < -0.4 is 4.90 Å². The zero-order chi connectivity index (χ0) is 13.8. The lowest BCUT2D eigenvalue weighted by atomic mass is 10.1. The van der Waals surface area contributed by atoms with Gasteiger partial charge in [-0.25, -0.2) is 0 Å². The van der Waals surface area contributed by atoms with Gasteiger partial charge in [-0.3, -0.25) is 4.98 Å². The zero-order valence-corrected chi connectivity index (χ0v) is 11.1. The van der Waals surface area contributed by atoms with Gasteiger partial charge < -0.3 is 15.1 Å². The van der Waals surface area contributed by atoms with Crippen molar-refractivity contribution in [1.29, 1.82) is 0 Å². The maximum Gasteiger partial charge on any atom is 0.123 e. The topological polar surface area (TPSA) is 56.6 Å². The summed E-state index contributed by atoms with van der Waals surface area (Å²) < 4.78 is 0. The highest BCUT2D eigenvalue weighted by atomic mass is 16.3. The van der Waals surface area contributed by atoms with Crippen molar-refractivity contribution in [3.8, 4) is 5.75 Å². The molecule has 1 aromatic carbocycles. The molecule has 1 heterocycles. The van der Waals surface area contributed by atoms with E-state index in [4.69, 9.17) is 0 Å². The van der Waals surface area contributed by atoms with Crippen LogP contribution in [0.2, 0.25) is 0 Å². The van der Waals surface area contributed by atoms with Gasteiger partial charge in [0, 0.05) is 43.3 Å². The van der Waals surface area contributed by atoms with E-state index in [-0.39, 0.29) is 5.75 Å². The molecule has 19 heavy (non-hydrogen) atoms. The van der Waals surface area contributed by atoms with Crippen LogP contribution in [-0.4, -0.2) is 22.2 Å². The van der Waals surface area contributed by atoms with Gasteiger partial charge in [-0.15, -0.1) is 0 Å². The molecule has 0 fully saturated rings. The number of phenolic OH excluding ortho intramolecular Hbond substituents is 1. The second kappa shape index (κ2) is 5.71. The van der Waals surface area contributed by atoms with Gasteiger partial charge in [-0.2, -0.15) is 0 Å². The lowest BCUT2D eigenvalue weighted by molar-refractivity contribution is 0.195. The Labute approximate surface area is 113 Å². The number of rotatable bonds is 4. The van der Waals surface area contributed by atoms with Crippen LogP contribution >= 0.6 is 0 Å². The molecule has 1 atom stereocenters. The fourth-order valence-corrected chi connectivity index (χ4v) is 1.98. The first kappa shape index (κ1) is 13.4. The summed E-state index contributed by atoms with van der Waals surface area (Å²) in [5.41, 5.74) is 2.54. The molecular formula is C15H18N2O2. The van der Waals surface area contributed by atoms with Crippen molar-refractivity contribution in [3.05, 3.63) is 53.9 Å². The summed E-state index contributed by atoms with van der Waals surface area (Å²) in [5, 5.41) is 19.4. The SMILES string of the molecule is CC(O)c1ccc(N(C)Cc2cccnc2)cc1O. The minimum Gasteiger partial charge on any atom is -0.507 e. The van der Waals surface area contributed by atoms with Crippen molar-refractivity contribution >= 4 is 5.69 Å². The van der Waals surface area contributed by atoms with Crippen LogP contribution in [0.25, 0.3) is 0 Å². The standard InChI is InChI=1S/C15H18N2O2/c1-11(18)14-6-5-13(8-15(14)19)17(2)10-12-4-3-7-16-9-12/h3-9,11,18-19H,10H2,1-2H3. The van der Waals surface area contributed by atoms with Crippen molar-refractivity contribution in [2.75, 3.05) is 11.9 Å². The molecule has 2 rings (SSSR count). The number of hydrogen-bond acceptors (Lipinski definition) is 4. The Balaban J connectivity index is 2.16. The number of pyridine rings is 1. The number of benzene rings is 1. The van der Waals surface area contributed by atoms with Gasteiger partial charge in [0.15, 0.2) is 0 Å². The molecule has 0 spiro atoms. The van der Waals surface area contributed by atoms with Gasteiger partial charge in [-0.05, 0) is 24.6 Å². The van der Waals surface area contributed by atoms with Crippen LogP contribution in [0.1, 0.15) is 24.2 Å². The quantitative estimate of drug-likeness (QED) is 0.884. The molecule has 0 aliphatic rings. The molecule has 0 amide bonds. The number of nitrogens with zero attached hydrogens (tertiary/aromatic N) is 2. The van der Waals surface area contributed by atoms with Gasteiger partial charge in [-0.1, -0.05) is 12.1 Å². The summed E-state index contributed by atoms with van der Waals surface area (Å²) in [6.07, 6.45) is 2.89. The Morgan fingerprint density at radius 3 is 2.68 bits per heavy atom. The Morgan fingerprint density at radius 2 is 2.11 bits per heavy atom. The number of aromatic hydroxyl groups is 1. The van der Waals surface area contributed by atoms with Gasteiger partial charge in [0.05, 0.1) is 6.10 Å². The second-order valence-corrected chi connectivity index (χ2v) is 4.64. The number of aromatic nitrogens is 1. The first-order valence-corrected chi connectivity index (χ1v) is 6.19. The molecule has 4 heteroatoms. The Morgan fingerprint density at radius 1 is 1.32 bits per heavy atom. The first-order valence-electron chi connectivity index (χ1n) is 6.19. The van der Waals surface area contributed by atoms with Crippen LogP contribution in [-0.2, 0) is 6.54 Å². The third kappa shape index (κ3) is 3.23. The smallest absolute Gasteiger partial charge is 0.123 e. The van der Waals surface area contributed by atoms with E-state index in [0.717, 1.165) is 11.3 Å². The van der Waals surface area contributed by atoms with Crippen LogP contribution in [0.3, 0.4) is 0 Å². The minimum absolute atomic E-state index is 0.116. The van der Waals surface area contributed by atoms with E-state index in [1.54, 1.807) is 25.3 Å². The second-order valence-electron chi connectivity index (χ2n) is 4.64. The van der Waals surface area contributed by atoms with Crippen molar-refractivity contribution in [2.45, 2.75) is 19.6 Å². The summed E-state index contributed by atoms with van der Waals surface area (Å²) in [6.45, 7) is 2.34. The molecule has 0 aliphatic carbocycles. The van der Waals surface area contributed by atoms with Crippen molar-refractivity contribution in [3.63, 3.8) is 0 Å². The molecule has 0 bridgehead atoms. The van der Waals surface area contributed by atoms with Crippen LogP contribution in [0.4, 0.5) is 5.69 Å². The number of phenols is 1. The number of aliphatic hydroxyl groups is 1. The summed E-state index contributed by atoms with van der Waals surface area (Å²) >= 11 is 0. The third-order valence-electron chi connectivity index (χ3n) is 3.05. The highest BCUT2D eigenvalue weighted by molar-refractivity contribution is 5.53. The van der Waals surface area contributed by atoms with E-state index in [9.17, 15) is 10.2 Å². The molecule has 0 saturated heterocycles. The zero-order valence-electron chi connectivity index (χ0n) is 11.1. The fourth-order valence-electron chi connectivity index (χ4n) is 1.98. The lowest BCUT2D eigenvalue weighted by Gasteiger charge is -2.20. The summed E-state index contributed by atoms with van der Waals surface area (Å²) in [7, 11) is 1.95. The predicted octanol–water partition coefficient (Wildman–Crippen LogP) is 2.48. The average Bonchev–Trinajstić information content (AvgIpc) is 2.39. The normalized spacial score (nSPS) is 12.2. The van der Waals surface area contributed by atoms with E-state index in [0.29, 0.717) is 12.1 Å². The predicted molar refractivity (Wildman–Crippen MR) is 75.1 cm³/mol. The average molecular weight is 258 g/mol. The van der Waals surface area contributed by atoms with Crippen molar-refractivity contribution in [1.82, 2.24) is 4.98 Å². The molecule has 2 N–H and O–H groups in total. The van der Waals surface area contributed by atoms with E-state index in [1.165, 1.54) is 0 Å². The molecule has 0 aliphatic heterocycles. The van der Waals surface area contributed by atoms with E-state index in [1.807, 2.05) is 36.3 Å². The summed E-state index contributed by atoms with van der Waals surface area (Å²) in [5.74, 6) is 0.116. The Bertz CT molecular complexity index is 541. The summed E-state index contributed by atoms with van der Waals surface area (Å²) in [6, 6.07) is 9.20. The van der Waals surface area contributed by atoms with Gasteiger partial charge in [0.1, 0.15) is 5.75 Å². The molecular weight excluding hydrogens is 240 g/mol. The first-order chi connectivity index (χ1) is 9.08. The fraction of sp³-hybridized carbons (Fsp3) is 0.267. The maximum absolute atomic E-state index is 9.88. The molecule has 1 unspecified atom stereocenters. The van der Waals surface area contributed by atoms with Crippen molar-refractivity contribution in [2.24, 2.45) is 0 Å². The lowest BCUT2D eigenvalue weighted by Crippen LogP contribution is -2.16. The highest BCUT2D eigenvalue weighted by Crippen LogP contribution is 2.28. The Kier molecular flexibility index (Phi) is 4.02. The third-order valence-corrected chi connectivity index (χ3v) is 3.05. The molecule has 0 saturated carbocycles. The van der Waals surface area contributed by atoms with E-state index in [2.05, 4.69) is 4.98 Å². The summed E-state index contributed by atoms with van der Waals surface area (Å²) in [4.78, 5) is 6.09. The van der Waals surface area contributed by atoms with E-state index >= 15 is 0 Å². The maximum atomic E-state index is 9.88. The number of aliphatic hydroxyl groups excluding tert-OH is 1. The van der Waals surface area contributed by atoms with Gasteiger partial charge >= 0.3 is 0 Å². The molecule has 4 nitrogen and oxygen atoms in total. The molecule has 1 aromatic heterocycles. The van der Waals surface area contributed by atoms with Gasteiger partial charge in [0.2, 0.25) is 0 Å². The van der Waals surface area contributed by atoms with Crippen LogP contribution in [0, 0.1) is 0 Å². The number of anilines is 1.